The molecule has 2 nitrogen and oxygen atoms in total. The van der Waals surface area contributed by atoms with Gasteiger partial charge in [0.2, 0.25) is 0 Å². The number of rotatable bonds is 1. The first-order valence-electron chi connectivity index (χ1n) is 9.07. The fourth-order valence-electron chi connectivity index (χ4n) is 4.57. The third-order valence-electron chi connectivity index (χ3n) is 5.88. The molecular formula is C22H16Br4N2. The second-order valence-corrected chi connectivity index (χ2v) is 10.5. The second kappa shape index (κ2) is 6.86. The molecular weight excluding hydrogens is 612 g/mol. The number of halogens is 4. The van der Waals surface area contributed by atoms with E-state index in [-0.39, 0.29) is 0 Å². The predicted molar refractivity (Wildman–Crippen MR) is 132 cm³/mol. The van der Waals surface area contributed by atoms with E-state index in [1.54, 1.807) is 0 Å². The summed E-state index contributed by atoms with van der Waals surface area (Å²) >= 11 is 15.4. The fourth-order valence-corrected chi connectivity index (χ4v) is 7.94. The van der Waals surface area contributed by atoms with E-state index in [0.717, 1.165) is 46.0 Å². The van der Waals surface area contributed by atoms with Gasteiger partial charge in [0, 0.05) is 29.1 Å². The minimum absolute atomic E-state index is 0.779. The van der Waals surface area contributed by atoms with Gasteiger partial charge in [0.05, 0.1) is 5.69 Å². The largest absolute Gasteiger partial charge is 0.399 e. The quantitative estimate of drug-likeness (QED) is 0.276. The van der Waals surface area contributed by atoms with Crippen LogP contribution in [0.1, 0.15) is 22.3 Å². The third-order valence-corrected chi connectivity index (χ3v) is 9.44. The summed E-state index contributed by atoms with van der Waals surface area (Å²) < 4.78 is 4.41. The van der Waals surface area contributed by atoms with Gasteiger partial charge in [-0.25, -0.2) is 0 Å². The molecule has 3 aromatic rings. The van der Waals surface area contributed by atoms with Crippen LogP contribution in [-0.4, -0.2) is 0 Å². The van der Waals surface area contributed by atoms with Crippen molar-refractivity contribution in [3.8, 4) is 22.3 Å². The van der Waals surface area contributed by atoms with Crippen LogP contribution in [0.5, 0.6) is 0 Å². The van der Waals surface area contributed by atoms with E-state index in [1.807, 2.05) is 12.1 Å². The van der Waals surface area contributed by atoms with Crippen molar-refractivity contribution in [2.75, 3.05) is 11.5 Å². The maximum Gasteiger partial charge on any atom is 0.0608 e. The molecule has 0 aromatic heterocycles. The normalized spacial score (nSPS) is 14.1. The molecule has 6 heteroatoms. The Labute approximate surface area is 197 Å². The highest BCUT2D eigenvalue weighted by atomic mass is 79.9. The Bertz CT molecular complexity index is 1100. The van der Waals surface area contributed by atoms with Gasteiger partial charge >= 0.3 is 0 Å². The van der Waals surface area contributed by atoms with Gasteiger partial charge in [-0.05, 0) is 140 Å². The fraction of sp³-hybridized carbons (Fsp3) is 0.182. The minimum Gasteiger partial charge on any atom is -0.399 e. The summed E-state index contributed by atoms with van der Waals surface area (Å²) in [6.45, 7) is 0. The number of benzene rings is 3. The Morgan fingerprint density at radius 3 is 1.36 bits per heavy atom. The Morgan fingerprint density at radius 1 is 0.536 bits per heavy atom. The number of nitrogen functional groups attached to an aromatic ring is 2. The molecule has 5 rings (SSSR count). The van der Waals surface area contributed by atoms with Crippen LogP contribution in [-0.2, 0) is 25.7 Å². The lowest BCUT2D eigenvalue weighted by Gasteiger charge is -2.34. The van der Waals surface area contributed by atoms with Crippen LogP contribution in [0.2, 0.25) is 0 Å². The van der Waals surface area contributed by atoms with E-state index in [9.17, 15) is 0 Å². The summed E-state index contributed by atoms with van der Waals surface area (Å²) in [5.41, 5.74) is 24.5. The van der Waals surface area contributed by atoms with Crippen LogP contribution in [0.15, 0.2) is 42.2 Å². The molecule has 0 spiro atoms. The molecule has 0 radical (unpaired) electrons. The Hall–Kier alpha value is -0.820. The van der Waals surface area contributed by atoms with E-state index < -0.39 is 0 Å². The van der Waals surface area contributed by atoms with Crippen LogP contribution in [0.4, 0.5) is 11.4 Å². The molecule has 0 saturated carbocycles. The van der Waals surface area contributed by atoms with Gasteiger partial charge in [-0.15, -0.1) is 0 Å². The molecule has 2 aliphatic rings. The molecule has 142 valence electrons. The Morgan fingerprint density at radius 2 is 0.929 bits per heavy atom. The number of nitrogens with two attached hydrogens (primary N) is 2. The summed E-state index contributed by atoms with van der Waals surface area (Å²) in [5.74, 6) is 0. The molecule has 0 saturated heterocycles. The first kappa shape index (κ1) is 19.2. The molecule has 4 N–H and O–H groups in total. The van der Waals surface area contributed by atoms with Crippen molar-refractivity contribution in [3.05, 3.63) is 64.4 Å². The highest BCUT2D eigenvalue weighted by Gasteiger charge is 2.34. The average Bonchev–Trinajstić information content (AvgIpc) is 2.70. The lowest BCUT2D eigenvalue weighted by Crippen LogP contribution is -2.18. The maximum absolute atomic E-state index is 6.37. The van der Waals surface area contributed by atoms with Crippen LogP contribution in [0, 0.1) is 0 Å². The van der Waals surface area contributed by atoms with E-state index >= 15 is 0 Å². The van der Waals surface area contributed by atoms with Crippen molar-refractivity contribution in [1.82, 2.24) is 0 Å². The van der Waals surface area contributed by atoms with Crippen molar-refractivity contribution in [1.29, 1.82) is 0 Å². The highest BCUT2D eigenvalue weighted by Crippen LogP contribution is 2.55. The van der Waals surface area contributed by atoms with E-state index in [1.165, 1.54) is 53.5 Å². The van der Waals surface area contributed by atoms with Crippen molar-refractivity contribution in [2.24, 2.45) is 0 Å². The van der Waals surface area contributed by atoms with Gasteiger partial charge in [0.15, 0.2) is 0 Å². The SMILES string of the molecule is Nc1ccc(-c2c(Br)c3c4c(c2Br)CCc2c(Br)c(N)c(Br)c(c2-4)CC3)cc1. The minimum atomic E-state index is 0.779. The summed E-state index contributed by atoms with van der Waals surface area (Å²) in [4.78, 5) is 0. The second-order valence-electron chi connectivity index (χ2n) is 7.33. The average molecular weight is 628 g/mol. The highest BCUT2D eigenvalue weighted by molar-refractivity contribution is 9.11. The van der Waals surface area contributed by atoms with Crippen molar-refractivity contribution >= 4 is 75.1 Å². The molecule has 0 unspecified atom stereocenters. The Balaban J connectivity index is 1.86. The third kappa shape index (κ3) is 2.60. The summed E-state index contributed by atoms with van der Waals surface area (Å²) in [6.07, 6.45) is 3.94. The van der Waals surface area contributed by atoms with Crippen LogP contribution < -0.4 is 11.5 Å². The standard InChI is InChI=1S/C22H16Br4N2/c23-18-11-5-7-13-17-14(21(26)22(28)20(13)25)8-6-12(16(11)17)19(24)15(18)9-1-3-10(27)4-2-9/h1-4H,5-8,27-28H2. The number of anilines is 2. The first-order chi connectivity index (χ1) is 13.4. The molecule has 28 heavy (non-hydrogen) atoms. The zero-order valence-corrected chi connectivity index (χ0v) is 21.1. The number of hydrogen-bond acceptors (Lipinski definition) is 2. The van der Waals surface area contributed by atoms with E-state index in [2.05, 4.69) is 75.9 Å². The molecule has 3 aromatic carbocycles. The lowest BCUT2D eigenvalue weighted by atomic mass is 9.74. The van der Waals surface area contributed by atoms with Gasteiger partial charge < -0.3 is 11.5 Å². The van der Waals surface area contributed by atoms with Crippen molar-refractivity contribution in [2.45, 2.75) is 25.7 Å². The van der Waals surface area contributed by atoms with E-state index in [4.69, 9.17) is 11.5 Å². The molecule has 2 aliphatic carbocycles. The lowest BCUT2D eigenvalue weighted by molar-refractivity contribution is 0.864. The summed E-state index contributed by atoms with van der Waals surface area (Å²) in [6, 6.07) is 8.11. The van der Waals surface area contributed by atoms with Crippen LogP contribution in [0.25, 0.3) is 22.3 Å². The molecule has 0 amide bonds. The summed E-state index contributed by atoms with van der Waals surface area (Å²) in [5, 5.41) is 0. The predicted octanol–water partition coefficient (Wildman–Crippen LogP) is 7.43. The van der Waals surface area contributed by atoms with Gasteiger partial charge in [-0.1, -0.05) is 12.1 Å². The zero-order chi connectivity index (χ0) is 19.7. The number of hydrogen-bond donors (Lipinski definition) is 2. The molecule has 0 fully saturated rings. The van der Waals surface area contributed by atoms with Crippen molar-refractivity contribution < 1.29 is 0 Å². The zero-order valence-electron chi connectivity index (χ0n) is 14.8. The van der Waals surface area contributed by atoms with Crippen LogP contribution >= 0.6 is 63.7 Å². The molecule has 0 atom stereocenters. The van der Waals surface area contributed by atoms with Gasteiger partial charge in [-0.2, -0.15) is 0 Å². The van der Waals surface area contributed by atoms with Gasteiger partial charge in [0.1, 0.15) is 0 Å². The smallest absolute Gasteiger partial charge is 0.0608 e. The maximum atomic E-state index is 6.37. The molecule has 0 aliphatic heterocycles. The summed E-state index contributed by atoms with van der Waals surface area (Å²) in [7, 11) is 0. The Kier molecular flexibility index (Phi) is 4.70. The van der Waals surface area contributed by atoms with Gasteiger partial charge in [0.25, 0.3) is 0 Å². The first-order valence-corrected chi connectivity index (χ1v) is 12.2. The molecule has 0 heterocycles. The molecule has 0 bridgehead atoms. The van der Waals surface area contributed by atoms with Gasteiger partial charge in [-0.3, -0.25) is 0 Å². The van der Waals surface area contributed by atoms with Crippen LogP contribution in [0.3, 0.4) is 0 Å². The van der Waals surface area contributed by atoms with E-state index in [0.29, 0.717) is 0 Å². The monoisotopic (exact) mass is 624 g/mol. The topological polar surface area (TPSA) is 52.0 Å². The van der Waals surface area contributed by atoms with Crippen molar-refractivity contribution in [3.63, 3.8) is 0 Å².